The molecule has 0 spiro atoms. The number of nitrogens with two attached hydrogens (primary N) is 1. The summed E-state index contributed by atoms with van der Waals surface area (Å²) < 4.78 is 0. The number of H-pyrrole nitrogens is 1. The lowest BCUT2D eigenvalue weighted by Crippen LogP contribution is -2.23. The molecule has 0 amide bonds. The number of nitrogens with one attached hydrogen (secondary N) is 1. The molecule has 3 N–H and O–H groups in total. The molecule has 1 fully saturated rings. The first-order valence-electron chi connectivity index (χ1n) is 8.75. The van der Waals surface area contributed by atoms with E-state index in [9.17, 15) is 0 Å². The highest BCUT2D eigenvalue weighted by Crippen LogP contribution is 2.33. The Morgan fingerprint density at radius 1 is 1.08 bits per heavy atom. The summed E-state index contributed by atoms with van der Waals surface area (Å²) in [6.07, 6.45) is 5.59. The van der Waals surface area contributed by atoms with Gasteiger partial charge in [0.2, 0.25) is 0 Å². The van der Waals surface area contributed by atoms with Crippen molar-refractivity contribution in [3.8, 4) is 11.3 Å². The van der Waals surface area contributed by atoms with E-state index in [2.05, 4.69) is 56.5 Å². The quantitative estimate of drug-likeness (QED) is 0.753. The van der Waals surface area contributed by atoms with Crippen molar-refractivity contribution in [1.29, 1.82) is 0 Å². The monoisotopic (exact) mass is 333 g/mol. The highest BCUT2D eigenvalue weighted by Gasteiger charge is 2.33. The summed E-state index contributed by atoms with van der Waals surface area (Å²) in [5, 5.41) is 7.38. The fourth-order valence-corrected chi connectivity index (χ4v) is 3.84. The first-order valence-corrected chi connectivity index (χ1v) is 8.75. The van der Waals surface area contributed by atoms with Crippen LogP contribution < -0.4 is 5.73 Å². The van der Waals surface area contributed by atoms with Gasteiger partial charge in [-0.3, -0.25) is 15.0 Å². The number of hydrogen-bond acceptors (Lipinski definition) is 4. The average molecular weight is 333 g/mol. The lowest BCUT2D eigenvalue weighted by molar-refractivity contribution is 0.317. The van der Waals surface area contributed by atoms with Crippen molar-refractivity contribution in [3.63, 3.8) is 0 Å². The summed E-state index contributed by atoms with van der Waals surface area (Å²) in [5.41, 5.74) is 10.8. The van der Waals surface area contributed by atoms with Crippen LogP contribution in [0.1, 0.15) is 17.0 Å². The summed E-state index contributed by atoms with van der Waals surface area (Å²) in [6, 6.07) is 14.7. The minimum Gasteiger partial charge on any atom is -0.330 e. The van der Waals surface area contributed by atoms with Crippen LogP contribution in [0.15, 0.2) is 61.1 Å². The first-order chi connectivity index (χ1) is 12.3. The van der Waals surface area contributed by atoms with Gasteiger partial charge in [-0.25, -0.2) is 0 Å². The molecule has 4 rings (SSSR count). The molecular weight excluding hydrogens is 310 g/mol. The van der Waals surface area contributed by atoms with E-state index in [0.717, 1.165) is 37.4 Å². The van der Waals surface area contributed by atoms with Gasteiger partial charge in [-0.15, -0.1) is 0 Å². The van der Waals surface area contributed by atoms with Gasteiger partial charge in [0.25, 0.3) is 0 Å². The van der Waals surface area contributed by atoms with Gasteiger partial charge >= 0.3 is 0 Å². The molecule has 1 aliphatic heterocycles. The number of aromatic nitrogens is 3. The zero-order valence-corrected chi connectivity index (χ0v) is 14.2. The van der Waals surface area contributed by atoms with E-state index in [1.165, 1.54) is 11.1 Å². The van der Waals surface area contributed by atoms with E-state index in [4.69, 9.17) is 5.73 Å². The number of rotatable bonds is 5. The van der Waals surface area contributed by atoms with Gasteiger partial charge < -0.3 is 5.73 Å². The fourth-order valence-electron chi connectivity index (χ4n) is 3.84. The maximum atomic E-state index is 6.06. The molecule has 5 nitrogen and oxygen atoms in total. The Bertz CT molecular complexity index is 799. The molecule has 0 aliphatic carbocycles. The van der Waals surface area contributed by atoms with Crippen molar-refractivity contribution in [1.82, 2.24) is 20.1 Å². The van der Waals surface area contributed by atoms with Crippen molar-refractivity contribution in [3.05, 3.63) is 72.2 Å². The summed E-state index contributed by atoms with van der Waals surface area (Å²) in [6.45, 7) is 3.65. The van der Waals surface area contributed by atoms with Crippen LogP contribution in [-0.4, -0.2) is 39.7 Å². The van der Waals surface area contributed by atoms with Crippen LogP contribution in [0.25, 0.3) is 11.3 Å². The number of hydrogen-bond donors (Lipinski definition) is 2. The molecule has 3 aromatic rings. The van der Waals surface area contributed by atoms with Crippen molar-refractivity contribution in [2.45, 2.75) is 12.5 Å². The number of benzene rings is 1. The number of aromatic amines is 1. The Labute approximate surface area is 147 Å². The maximum Gasteiger partial charge on any atom is 0.0710 e. The van der Waals surface area contributed by atoms with Crippen LogP contribution in [0, 0.1) is 5.92 Å². The zero-order chi connectivity index (χ0) is 17.1. The predicted molar refractivity (Wildman–Crippen MR) is 98.8 cm³/mol. The molecule has 1 aliphatic rings. The van der Waals surface area contributed by atoms with Crippen molar-refractivity contribution < 1.29 is 0 Å². The second-order valence-corrected chi connectivity index (χ2v) is 6.72. The van der Waals surface area contributed by atoms with Gasteiger partial charge in [-0.1, -0.05) is 30.3 Å². The molecule has 1 aromatic carbocycles. The second-order valence-electron chi connectivity index (χ2n) is 6.72. The third-order valence-electron chi connectivity index (χ3n) is 5.11. The van der Waals surface area contributed by atoms with Crippen LogP contribution >= 0.6 is 0 Å². The van der Waals surface area contributed by atoms with E-state index >= 15 is 0 Å². The van der Waals surface area contributed by atoms with E-state index in [0.29, 0.717) is 11.8 Å². The van der Waals surface area contributed by atoms with Crippen LogP contribution in [0.3, 0.4) is 0 Å². The van der Waals surface area contributed by atoms with E-state index < -0.39 is 0 Å². The first kappa shape index (κ1) is 16.0. The van der Waals surface area contributed by atoms with Gasteiger partial charge in [0.15, 0.2) is 0 Å². The number of likely N-dealkylation sites (tertiary alicyclic amines) is 1. The molecular formula is C20H23N5. The van der Waals surface area contributed by atoms with Gasteiger partial charge in [0.1, 0.15) is 0 Å². The summed E-state index contributed by atoms with van der Waals surface area (Å²) in [4.78, 5) is 6.70. The topological polar surface area (TPSA) is 70.8 Å². The zero-order valence-electron chi connectivity index (χ0n) is 14.2. The molecule has 3 heterocycles. The smallest absolute Gasteiger partial charge is 0.0710 e. The Kier molecular flexibility index (Phi) is 4.59. The Morgan fingerprint density at radius 2 is 1.96 bits per heavy atom. The highest BCUT2D eigenvalue weighted by atomic mass is 15.2. The number of pyridine rings is 1. The van der Waals surface area contributed by atoms with E-state index in [1.807, 2.05) is 18.5 Å². The fraction of sp³-hybridized carbons (Fsp3) is 0.300. The lowest BCUT2D eigenvalue weighted by Gasteiger charge is -2.17. The van der Waals surface area contributed by atoms with Crippen molar-refractivity contribution in [2.75, 3.05) is 19.6 Å². The van der Waals surface area contributed by atoms with E-state index in [1.54, 1.807) is 6.20 Å². The van der Waals surface area contributed by atoms with Crippen LogP contribution in [0.4, 0.5) is 0 Å². The van der Waals surface area contributed by atoms with Crippen molar-refractivity contribution >= 4 is 0 Å². The molecule has 25 heavy (non-hydrogen) atoms. The minimum atomic E-state index is 0.496. The molecule has 2 atom stereocenters. The van der Waals surface area contributed by atoms with Crippen molar-refractivity contribution in [2.24, 2.45) is 11.7 Å². The van der Waals surface area contributed by atoms with Gasteiger partial charge in [0, 0.05) is 49.1 Å². The van der Waals surface area contributed by atoms with E-state index in [-0.39, 0.29) is 0 Å². The summed E-state index contributed by atoms with van der Waals surface area (Å²) >= 11 is 0. The summed E-state index contributed by atoms with van der Waals surface area (Å²) in [7, 11) is 0. The van der Waals surface area contributed by atoms with Gasteiger partial charge in [-0.2, -0.15) is 5.10 Å². The molecule has 0 radical (unpaired) electrons. The molecule has 0 bridgehead atoms. The molecule has 128 valence electrons. The van der Waals surface area contributed by atoms with Crippen LogP contribution in [0.5, 0.6) is 0 Å². The Balaban J connectivity index is 1.52. The largest absolute Gasteiger partial charge is 0.330 e. The standard InChI is InChI=1S/C20H23N5/c21-9-17-12-25(14-19(17)15-5-2-1-3-6-15)13-18-11-23-24-20(18)16-7-4-8-22-10-16/h1-8,10-11,17,19H,9,12-14,21H2,(H,23,24)/t17-,19+/m1/s1. The Morgan fingerprint density at radius 3 is 2.72 bits per heavy atom. The molecule has 5 heteroatoms. The molecule has 2 aromatic heterocycles. The molecule has 0 unspecified atom stereocenters. The predicted octanol–water partition coefficient (Wildman–Crippen LogP) is 2.65. The van der Waals surface area contributed by atoms with Gasteiger partial charge in [0.05, 0.1) is 11.9 Å². The third kappa shape index (κ3) is 3.34. The van der Waals surface area contributed by atoms with Gasteiger partial charge in [-0.05, 0) is 30.2 Å². The highest BCUT2D eigenvalue weighted by molar-refractivity contribution is 5.61. The summed E-state index contributed by atoms with van der Waals surface area (Å²) in [5.74, 6) is 0.996. The van der Waals surface area contributed by atoms with Crippen LogP contribution in [0.2, 0.25) is 0 Å². The maximum absolute atomic E-state index is 6.06. The second kappa shape index (κ2) is 7.17. The normalized spacial score (nSPS) is 20.8. The molecule has 1 saturated heterocycles. The Hall–Kier alpha value is -2.50. The SMILES string of the molecule is NC[C@@H]1CN(Cc2cn[nH]c2-c2cccnc2)C[C@H]1c1ccccc1. The molecule has 0 saturated carbocycles. The third-order valence-corrected chi connectivity index (χ3v) is 5.11. The average Bonchev–Trinajstić information content (AvgIpc) is 3.30. The van der Waals surface area contributed by atoms with Crippen LogP contribution in [-0.2, 0) is 6.54 Å². The minimum absolute atomic E-state index is 0.496. The number of nitrogens with zero attached hydrogens (tertiary/aromatic N) is 3. The lowest BCUT2D eigenvalue weighted by atomic mass is 9.89.